The zero-order valence-electron chi connectivity index (χ0n) is 14.6. The van der Waals surface area contributed by atoms with E-state index in [9.17, 15) is 4.57 Å². The molecule has 0 aromatic carbocycles. The molecule has 1 unspecified atom stereocenters. The summed E-state index contributed by atoms with van der Waals surface area (Å²) in [7, 11) is -1.18. The van der Waals surface area contributed by atoms with Crippen molar-refractivity contribution < 1.29 is 14.0 Å². The fourth-order valence-electron chi connectivity index (χ4n) is 2.27. The average Bonchev–Trinajstić information content (AvgIpc) is 2.49. The fourth-order valence-corrected chi connectivity index (χ4v) is 2.27. The van der Waals surface area contributed by atoms with Crippen LogP contribution in [0.3, 0.4) is 0 Å². The molecule has 0 saturated carbocycles. The van der Waals surface area contributed by atoms with Gasteiger partial charge in [0, 0.05) is 4.57 Å². The summed E-state index contributed by atoms with van der Waals surface area (Å²) < 4.78 is 13.1. The van der Waals surface area contributed by atoms with Gasteiger partial charge in [-0.3, -0.25) is 0 Å². The molecule has 0 aliphatic rings. The lowest BCUT2D eigenvalue weighted by Gasteiger charge is -2.02. The van der Waals surface area contributed by atoms with Gasteiger partial charge >= 0.3 is 8.25 Å². The summed E-state index contributed by atoms with van der Waals surface area (Å²) in [5.74, 6) is 0. The maximum absolute atomic E-state index is 9.29. The average molecular weight is 321 g/mol. The molecule has 0 spiro atoms. The summed E-state index contributed by atoms with van der Waals surface area (Å²) in [5.41, 5.74) is 0. The van der Waals surface area contributed by atoms with Gasteiger partial charge in [-0.05, 0) is 0 Å². The van der Waals surface area contributed by atoms with Crippen LogP contribution in [0.2, 0.25) is 0 Å². The SMILES string of the molecule is CCCCCCCCCCCCCCCC.CO[P+](=O)O. The van der Waals surface area contributed by atoms with Gasteiger partial charge in [0.1, 0.15) is 0 Å². The van der Waals surface area contributed by atoms with E-state index in [4.69, 9.17) is 4.89 Å². The van der Waals surface area contributed by atoms with Crippen LogP contribution >= 0.6 is 8.25 Å². The third-order valence-corrected chi connectivity index (χ3v) is 3.93. The Bertz CT molecular complexity index is 184. The molecule has 3 nitrogen and oxygen atoms in total. The van der Waals surface area contributed by atoms with Crippen LogP contribution in [0.5, 0.6) is 0 Å². The lowest BCUT2D eigenvalue weighted by molar-refractivity contribution is 0.343. The quantitative estimate of drug-likeness (QED) is 0.283. The highest BCUT2D eigenvalue weighted by molar-refractivity contribution is 7.32. The smallest absolute Gasteiger partial charge is 0.133 e. The Hall–Kier alpha value is 0.0200. The molecule has 0 saturated heterocycles. The second-order valence-corrected chi connectivity index (χ2v) is 6.50. The first-order valence-corrected chi connectivity index (χ1v) is 10.0. The molecule has 1 N–H and O–H groups in total. The van der Waals surface area contributed by atoms with Crippen molar-refractivity contribution in [3.63, 3.8) is 0 Å². The van der Waals surface area contributed by atoms with Gasteiger partial charge < -0.3 is 0 Å². The molecular formula is C17H38O3P+. The van der Waals surface area contributed by atoms with E-state index in [1.54, 1.807) is 0 Å². The second-order valence-electron chi connectivity index (χ2n) is 5.66. The molecule has 0 bridgehead atoms. The molecule has 0 aromatic rings. The molecule has 21 heavy (non-hydrogen) atoms. The van der Waals surface area contributed by atoms with Gasteiger partial charge in [-0.15, -0.1) is 9.42 Å². The zero-order valence-corrected chi connectivity index (χ0v) is 15.5. The highest BCUT2D eigenvalue weighted by Crippen LogP contribution is 2.12. The summed E-state index contributed by atoms with van der Waals surface area (Å²) >= 11 is 0. The topological polar surface area (TPSA) is 46.5 Å². The predicted molar refractivity (Wildman–Crippen MR) is 92.8 cm³/mol. The van der Waals surface area contributed by atoms with Crippen LogP contribution < -0.4 is 0 Å². The standard InChI is InChI=1S/C16H34.CH3O3P/c1-3-5-7-9-11-13-15-16-14-12-10-8-6-4-2;1-4-5(2)3/h3-16H2,1-2H3;1H3/p+1. The first-order valence-electron chi connectivity index (χ1n) is 8.89. The maximum Gasteiger partial charge on any atom is 0.694 e. The van der Waals surface area contributed by atoms with Crippen molar-refractivity contribution in [1.29, 1.82) is 0 Å². The van der Waals surface area contributed by atoms with Crippen molar-refractivity contribution in [1.82, 2.24) is 0 Å². The van der Waals surface area contributed by atoms with Crippen LogP contribution in [-0.4, -0.2) is 12.0 Å². The predicted octanol–water partition coefficient (Wildman–Crippen LogP) is 6.77. The van der Waals surface area contributed by atoms with E-state index in [2.05, 4.69) is 18.4 Å². The minimum absolute atomic E-state index is 1.17. The Morgan fingerprint density at radius 3 is 1.00 bits per heavy atom. The first kappa shape index (κ1) is 23.3. The van der Waals surface area contributed by atoms with Crippen molar-refractivity contribution in [2.75, 3.05) is 7.11 Å². The molecule has 0 rings (SSSR count). The molecule has 0 radical (unpaired) electrons. The number of hydrogen-bond acceptors (Lipinski definition) is 2. The molecule has 0 heterocycles. The van der Waals surface area contributed by atoms with Gasteiger partial charge in [-0.2, -0.15) is 0 Å². The Morgan fingerprint density at radius 1 is 0.667 bits per heavy atom. The third kappa shape index (κ3) is 28.8. The van der Waals surface area contributed by atoms with Crippen LogP contribution in [0.1, 0.15) is 104 Å². The van der Waals surface area contributed by atoms with Crippen molar-refractivity contribution in [2.24, 2.45) is 0 Å². The summed E-state index contributed by atoms with van der Waals surface area (Å²) in [4.78, 5) is 7.65. The monoisotopic (exact) mass is 321 g/mol. The van der Waals surface area contributed by atoms with Crippen LogP contribution in [0, 0.1) is 0 Å². The second kappa shape index (κ2) is 22.3. The van der Waals surface area contributed by atoms with E-state index in [-0.39, 0.29) is 0 Å². The molecule has 4 heteroatoms. The van der Waals surface area contributed by atoms with Gasteiger partial charge in [0.05, 0.1) is 7.11 Å². The van der Waals surface area contributed by atoms with E-state index in [1.165, 1.54) is 97.0 Å². The minimum Gasteiger partial charge on any atom is -0.133 e. The molecule has 0 aliphatic carbocycles. The van der Waals surface area contributed by atoms with Gasteiger partial charge in [-0.25, -0.2) is 0 Å². The Morgan fingerprint density at radius 2 is 0.857 bits per heavy atom. The van der Waals surface area contributed by atoms with E-state index >= 15 is 0 Å². The molecule has 0 fully saturated rings. The highest BCUT2D eigenvalue weighted by Gasteiger charge is 2.02. The lowest BCUT2D eigenvalue weighted by Crippen LogP contribution is -1.82. The largest absolute Gasteiger partial charge is 0.694 e. The van der Waals surface area contributed by atoms with E-state index in [0.29, 0.717) is 0 Å². The van der Waals surface area contributed by atoms with E-state index in [1.807, 2.05) is 0 Å². The lowest BCUT2D eigenvalue weighted by atomic mass is 10.0. The van der Waals surface area contributed by atoms with Gasteiger partial charge in [0.15, 0.2) is 0 Å². The van der Waals surface area contributed by atoms with Gasteiger partial charge in [-0.1, -0.05) is 104 Å². The van der Waals surface area contributed by atoms with Crippen molar-refractivity contribution in [2.45, 2.75) is 104 Å². The molecule has 0 aliphatic heterocycles. The minimum atomic E-state index is -2.35. The van der Waals surface area contributed by atoms with Crippen LogP contribution in [0.15, 0.2) is 0 Å². The van der Waals surface area contributed by atoms with E-state index in [0.717, 1.165) is 0 Å². The molecule has 0 amide bonds. The normalized spacial score (nSPS) is 11.0. The van der Waals surface area contributed by atoms with Crippen molar-refractivity contribution >= 4 is 8.25 Å². The zero-order chi connectivity index (χ0) is 16.2. The van der Waals surface area contributed by atoms with Gasteiger partial charge in [0.25, 0.3) is 0 Å². The molecule has 128 valence electrons. The highest BCUT2D eigenvalue weighted by atomic mass is 31.1. The summed E-state index contributed by atoms with van der Waals surface area (Å²) in [6, 6.07) is 0. The molecule has 1 atom stereocenters. The molecule has 0 aromatic heterocycles. The third-order valence-electron chi connectivity index (χ3n) is 3.61. The van der Waals surface area contributed by atoms with E-state index < -0.39 is 8.25 Å². The Labute approximate surface area is 133 Å². The fraction of sp³-hybridized carbons (Fsp3) is 1.00. The number of unbranched alkanes of at least 4 members (excludes halogenated alkanes) is 13. The Kier molecular flexibility index (Phi) is 24.7. The maximum atomic E-state index is 9.29. The number of rotatable bonds is 14. The van der Waals surface area contributed by atoms with Crippen LogP contribution in [0.4, 0.5) is 0 Å². The van der Waals surface area contributed by atoms with Crippen molar-refractivity contribution in [3.05, 3.63) is 0 Å². The van der Waals surface area contributed by atoms with Crippen LogP contribution in [0.25, 0.3) is 0 Å². The number of hydrogen-bond donors (Lipinski definition) is 1. The summed E-state index contributed by atoms with van der Waals surface area (Å²) in [6.45, 7) is 4.58. The van der Waals surface area contributed by atoms with Crippen LogP contribution in [-0.2, 0) is 9.09 Å². The van der Waals surface area contributed by atoms with Gasteiger partial charge in [0.2, 0.25) is 0 Å². The molecular weight excluding hydrogens is 283 g/mol. The first-order chi connectivity index (χ1) is 10.2. The summed E-state index contributed by atoms with van der Waals surface area (Å²) in [5, 5.41) is 0. The summed E-state index contributed by atoms with van der Waals surface area (Å²) in [6.07, 6.45) is 20.4. The van der Waals surface area contributed by atoms with Crippen molar-refractivity contribution in [3.8, 4) is 0 Å². The Balaban J connectivity index is 0.